The first-order valence-corrected chi connectivity index (χ1v) is 7.48. The molecule has 3 heteroatoms. The van der Waals surface area contributed by atoms with Gasteiger partial charge in [-0.3, -0.25) is 0 Å². The van der Waals surface area contributed by atoms with Crippen molar-refractivity contribution in [2.24, 2.45) is 5.92 Å². The van der Waals surface area contributed by atoms with Crippen molar-refractivity contribution in [3.63, 3.8) is 0 Å². The fourth-order valence-electron chi connectivity index (χ4n) is 2.21. The molecule has 0 saturated heterocycles. The second kappa shape index (κ2) is 6.51. The Morgan fingerprint density at radius 1 is 1.10 bits per heavy atom. The Morgan fingerprint density at radius 3 is 2.30 bits per heavy atom. The smallest absolute Gasteiger partial charge is 0.124 e. The lowest BCUT2D eigenvalue weighted by Gasteiger charge is -2.14. The molecule has 1 N–H and O–H groups in total. The predicted octanol–water partition coefficient (Wildman–Crippen LogP) is 4.87. The van der Waals surface area contributed by atoms with Crippen LogP contribution in [0.5, 0.6) is 0 Å². The summed E-state index contributed by atoms with van der Waals surface area (Å²) in [7, 11) is 0. The monoisotopic (exact) mass is 336 g/mol. The molecule has 0 amide bonds. The van der Waals surface area contributed by atoms with Crippen LogP contribution < -0.4 is 0 Å². The summed E-state index contributed by atoms with van der Waals surface area (Å²) in [5, 5.41) is 10.4. The number of aliphatic hydroxyl groups excluding tert-OH is 1. The van der Waals surface area contributed by atoms with Crippen molar-refractivity contribution in [2.45, 2.75) is 26.4 Å². The number of rotatable bonds is 4. The van der Waals surface area contributed by atoms with Gasteiger partial charge in [-0.25, -0.2) is 4.39 Å². The molecule has 0 aliphatic heterocycles. The van der Waals surface area contributed by atoms with Crippen molar-refractivity contribution >= 4 is 15.9 Å². The average molecular weight is 337 g/mol. The van der Waals surface area contributed by atoms with Gasteiger partial charge in [0.15, 0.2) is 0 Å². The third-order valence-corrected chi connectivity index (χ3v) is 3.88. The molecule has 0 bridgehead atoms. The van der Waals surface area contributed by atoms with Crippen molar-refractivity contribution in [2.75, 3.05) is 0 Å². The standard InChI is InChI=1S/C17H18BrFO/c1-11(2)9-12-3-5-13(6-4-12)17(20)15-8-7-14(19)10-16(15)18/h3-8,10-11,17,20H,9H2,1-2H3. The van der Waals surface area contributed by atoms with Gasteiger partial charge in [-0.1, -0.05) is 60.1 Å². The zero-order chi connectivity index (χ0) is 14.7. The van der Waals surface area contributed by atoms with Crippen molar-refractivity contribution in [3.05, 3.63) is 69.4 Å². The number of hydrogen-bond acceptors (Lipinski definition) is 1. The summed E-state index contributed by atoms with van der Waals surface area (Å²) in [6, 6.07) is 12.3. The minimum absolute atomic E-state index is 0.319. The van der Waals surface area contributed by atoms with Gasteiger partial charge in [0.05, 0.1) is 0 Å². The van der Waals surface area contributed by atoms with Gasteiger partial charge >= 0.3 is 0 Å². The molecule has 0 radical (unpaired) electrons. The van der Waals surface area contributed by atoms with E-state index in [4.69, 9.17) is 0 Å². The highest BCUT2D eigenvalue weighted by Gasteiger charge is 2.14. The van der Waals surface area contributed by atoms with Gasteiger partial charge in [0.1, 0.15) is 11.9 Å². The highest BCUT2D eigenvalue weighted by atomic mass is 79.9. The highest BCUT2D eigenvalue weighted by molar-refractivity contribution is 9.10. The van der Waals surface area contributed by atoms with Gasteiger partial charge < -0.3 is 5.11 Å². The summed E-state index contributed by atoms with van der Waals surface area (Å²) in [6.07, 6.45) is 0.273. The first-order valence-electron chi connectivity index (χ1n) is 6.69. The Labute approximate surface area is 127 Å². The van der Waals surface area contributed by atoms with Gasteiger partial charge in [0, 0.05) is 4.47 Å². The molecule has 0 fully saturated rings. The summed E-state index contributed by atoms with van der Waals surface area (Å²) in [6.45, 7) is 4.36. The largest absolute Gasteiger partial charge is 0.384 e. The molecule has 2 rings (SSSR count). The Morgan fingerprint density at radius 2 is 1.75 bits per heavy atom. The summed E-state index contributed by atoms with van der Waals surface area (Å²) < 4.78 is 13.7. The molecule has 1 nitrogen and oxygen atoms in total. The Kier molecular flexibility index (Phi) is 4.95. The zero-order valence-corrected chi connectivity index (χ0v) is 13.2. The topological polar surface area (TPSA) is 20.2 Å². The van der Waals surface area contributed by atoms with Gasteiger partial charge in [0.2, 0.25) is 0 Å². The minimum Gasteiger partial charge on any atom is -0.384 e. The first-order chi connectivity index (χ1) is 9.47. The van der Waals surface area contributed by atoms with Crippen molar-refractivity contribution in [3.8, 4) is 0 Å². The molecule has 0 aliphatic carbocycles. The van der Waals surface area contributed by atoms with Gasteiger partial charge in [-0.2, -0.15) is 0 Å². The molecule has 0 spiro atoms. The van der Waals surface area contributed by atoms with Crippen LogP contribution in [0.25, 0.3) is 0 Å². The number of halogens is 2. The molecule has 0 saturated carbocycles. The van der Waals surface area contributed by atoms with Gasteiger partial charge in [-0.15, -0.1) is 0 Å². The minimum atomic E-state index is -0.752. The molecule has 0 aromatic heterocycles. The quantitative estimate of drug-likeness (QED) is 0.844. The van der Waals surface area contributed by atoms with Crippen LogP contribution in [0.15, 0.2) is 46.9 Å². The SMILES string of the molecule is CC(C)Cc1ccc(C(O)c2ccc(F)cc2Br)cc1. The molecule has 2 aromatic rings. The maximum Gasteiger partial charge on any atom is 0.124 e. The van der Waals surface area contributed by atoms with Crippen molar-refractivity contribution < 1.29 is 9.50 Å². The third-order valence-electron chi connectivity index (χ3n) is 3.20. The Balaban J connectivity index is 2.22. The van der Waals surface area contributed by atoms with E-state index in [0.717, 1.165) is 12.0 Å². The second-order valence-corrected chi connectivity index (χ2v) is 6.26. The fourth-order valence-corrected chi connectivity index (χ4v) is 2.78. The van der Waals surface area contributed by atoms with Crippen LogP contribution in [0.3, 0.4) is 0 Å². The van der Waals surface area contributed by atoms with E-state index in [1.165, 1.54) is 17.7 Å². The van der Waals surface area contributed by atoms with Crippen LogP contribution in [-0.2, 0) is 6.42 Å². The van der Waals surface area contributed by atoms with Crippen LogP contribution in [-0.4, -0.2) is 5.11 Å². The molecule has 0 aliphatic rings. The maximum absolute atomic E-state index is 13.1. The van der Waals surface area contributed by atoms with Gasteiger partial charge in [0.25, 0.3) is 0 Å². The molecular weight excluding hydrogens is 319 g/mol. The zero-order valence-electron chi connectivity index (χ0n) is 11.6. The van der Waals surface area contributed by atoms with Crippen LogP contribution in [0, 0.1) is 11.7 Å². The van der Waals surface area contributed by atoms with E-state index in [0.29, 0.717) is 16.0 Å². The molecule has 106 valence electrons. The van der Waals surface area contributed by atoms with Gasteiger partial charge in [-0.05, 0) is 41.2 Å². The maximum atomic E-state index is 13.1. The Bertz CT molecular complexity index is 578. The van der Waals surface area contributed by atoms with E-state index < -0.39 is 6.10 Å². The summed E-state index contributed by atoms with van der Waals surface area (Å²) in [5.74, 6) is 0.289. The number of benzene rings is 2. The summed E-state index contributed by atoms with van der Waals surface area (Å²) in [5.41, 5.74) is 2.74. The lowest BCUT2D eigenvalue weighted by Crippen LogP contribution is -2.02. The van der Waals surface area contributed by atoms with E-state index in [2.05, 4.69) is 29.8 Å². The summed E-state index contributed by atoms with van der Waals surface area (Å²) >= 11 is 3.29. The molecule has 1 atom stereocenters. The average Bonchev–Trinajstić information content (AvgIpc) is 2.38. The van der Waals surface area contributed by atoms with E-state index >= 15 is 0 Å². The third kappa shape index (κ3) is 3.68. The molecule has 2 aromatic carbocycles. The Hall–Kier alpha value is -1.19. The van der Waals surface area contributed by atoms with Crippen LogP contribution >= 0.6 is 15.9 Å². The first kappa shape index (κ1) is 15.2. The van der Waals surface area contributed by atoms with E-state index in [-0.39, 0.29) is 5.82 Å². The number of aliphatic hydroxyl groups is 1. The normalized spacial score (nSPS) is 12.7. The molecule has 20 heavy (non-hydrogen) atoms. The van der Waals surface area contributed by atoms with Crippen molar-refractivity contribution in [1.82, 2.24) is 0 Å². The highest BCUT2D eigenvalue weighted by Crippen LogP contribution is 2.29. The van der Waals surface area contributed by atoms with Crippen LogP contribution in [0.4, 0.5) is 4.39 Å². The van der Waals surface area contributed by atoms with E-state index in [1.807, 2.05) is 24.3 Å². The van der Waals surface area contributed by atoms with E-state index in [1.54, 1.807) is 6.07 Å². The van der Waals surface area contributed by atoms with Crippen LogP contribution in [0.1, 0.15) is 36.6 Å². The second-order valence-electron chi connectivity index (χ2n) is 5.41. The lowest BCUT2D eigenvalue weighted by atomic mass is 9.97. The van der Waals surface area contributed by atoms with E-state index in [9.17, 15) is 9.50 Å². The molecule has 1 unspecified atom stereocenters. The lowest BCUT2D eigenvalue weighted by molar-refractivity contribution is 0.219. The van der Waals surface area contributed by atoms with Crippen LogP contribution in [0.2, 0.25) is 0 Å². The molecular formula is C17H18BrFO. The van der Waals surface area contributed by atoms with Crippen molar-refractivity contribution in [1.29, 1.82) is 0 Å². The molecule has 0 heterocycles. The fraction of sp³-hybridized carbons (Fsp3) is 0.294. The number of hydrogen-bond donors (Lipinski definition) is 1. The summed E-state index contributed by atoms with van der Waals surface area (Å²) in [4.78, 5) is 0. The predicted molar refractivity (Wildman–Crippen MR) is 83.1 cm³/mol.